The SMILES string of the molecule is CCOC[C@@H](C)[C@H](C)NCCC[C@@H](C)C(=O)N1CCc2c(cc(C(F)(F)F)c[n+]2OC)C1. The number of rotatable bonds is 11. The molecule has 9 heteroatoms. The Bertz CT molecular complexity index is 758. The van der Waals surface area contributed by atoms with E-state index in [1.807, 2.05) is 13.8 Å². The van der Waals surface area contributed by atoms with Gasteiger partial charge in [-0.2, -0.15) is 13.2 Å². The van der Waals surface area contributed by atoms with Gasteiger partial charge in [0.05, 0.1) is 19.6 Å². The van der Waals surface area contributed by atoms with Crippen LogP contribution in [0.2, 0.25) is 0 Å². The molecule has 182 valence electrons. The van der Waals surface area contributed by atoms with Gasteiger partial charge < -0.3 is 15.0 Å². The molecule has 3 atom stereocenters. The van der Waals surface area contributed by atoms with Gasteiger partial charge in [0.2, 0.25) is 17.8 Å². The molecular formula is C23H37F3N3O3+. The van der Waals surface area contributed by atoms with Crippen molar-refractivity contribution in [3.63, 3.8) is 0 Å². The van der Waals surface area contributed by atoms with Crippen LogP contribution in [0.3, 0.4) is 0 Å². The minimum atomic E-state index is -4.47. The van der Waals surface area contributed by atoms with Gasteiger partial charge in [0.15, 0.2) is 0 Å². The first-order chi connectivity index (χ1) is 15.1. The van der Waals surface area contributed by atoms with Crippen LogP contribution in [0.5, 0.6) is 0 Å². The number of aromatic nitrogens is 1. The van der Waals surface area contributed by atoms with E-state index in [0.29, 0.717) is 42.8 Å². The fourth-order valence-electron chi connectivity index (χ4n) is 3.92. The molecule has 2 heterocycles. The molecule has 0 fully saturated rings. The Balaban J connectivity index is 1.89. The van der Waals surface area contributed by atoms with Crippen LogP contribution in [0.25, 0.3) is 0 Å². The Kier molecular flexibility index (Phi) is 9.76. The molecule has 0 aliphatic carbocycles. The summed E-state index contributed by atoms with van der Waals surface area (Å²) in [6, 6.07) is 1.45. The van der Waals surface area contributed by atoms with Gasteiger partial charge in [0.25, 0.3) is 0 Å². The molecule has 0 spiro atoms. The summed E-state index contributed by atoms with van der Waals surface area (Å²) in [6.07, 6.45) is -1.48. The Morgan fingerprint density at radius 2 is 2.03 bits per heavy atom. The lowest BCUT2D eigenvalue weighted by molar-refractivity contribution is -0.891. The molecule has 6 nitrogen and oxygen atoms in total. The molecular weight excluding hydrogens is 423 g/mol. The van der Waals surface area contributed by atoms with E-state index >= 15 is 0 Å². The average molecular weight is 461 g/mol. The largest absolute Gasteiger partial charge is 0.422 e. The van der Waals surface area contributed by atoms with Crippen molar-refractivity contribution >= 4 is 5.91 Å². The van der Waals surface area contributed by atoms with Crippen LogP contribution in [-0.2, 0) is 28.7 Å². The van der Waals surface area contributed by atoms with Crippen LogP contribution in [0.15, 0.2) is 12.3 Å². The van der Waals surface area contributed by atoms with Crippen molar-refractivity contribution in [2.75, 3.05) is 33.4 Å². The van der Waals surface area contributed by atoms with Crippen LogP contribution < -0.4 is 14.9 Å². The molecule has 1 aromatic heterocycles. The highest BCUT2D eigenvalue weighted by molar-refractivity contribution is 5.78. The zero-order chi connectivity index (χ0) is 23.9. The van der Waals surface area contributed by atoms with Crippen LogP contribution in [0.1, 0.15) is 57.4 Å². The number of ether oxygens (including phenoxy) is 1. The summed E-state index contributed by atoms with van der Waals surface area (Å²) in [6.45, 7) is 11.0. The first kappa shape index (κ1) is 26.4. The van der Waals surface area contributed by atoms with Crippen molar-refractivity contribution in [1.29, 1.82) is 0 Å². The molecule has 1 amide bonds. The molecule has 1 N–H and O–H groups in total. The molecule has 1 aliphatic rings. The summed E-state index contributed by atoms with van der Waals surface area (Å²) in [4.78, 5) is 19.7. The number of halogens is 3. The Morgan fingerprint density at radius 3 is 2.66 bits per heavy atom. The van der Waals surface area contributed by atoms with E-state index in [0.717, 1.165) is 38.3 Å². The van der Waals surface area contributed by atoms with Gasteiger partial charge in [0, 0.05) is 35.4 Å². The Morgan fingerprint density at radius 1 is 1.31 bits per heavy atom. The predicted octanol–water partition coefficient (Wildman–Crippen LogP) is 3.00. The van der Waals surface area contributed by atoms with E-state index in [1.54, 1.807) is 4.90 Å². The summed E-state index contributed by atoms with van der Waals surface area (Å²) < 4.78 is 46.3. The van der Waals surface area contributed by atoms with Crippen LogP contribution >= 0.6 is 0 Å². The lowest BCUT2D eigenvalue weighted by Gasteiger charge is -2.29. The molecule has 0 saturated carbocycles. The molecule has 0 aromatic carbocycles. The second-order valence-corrected chi connectivity index (χ2v) is 8.64. The van der Waals surface area contributed by atoms with Gasteiger partial charge in [-0.15, -0.1) is 0 Å². The monoisotopic (exact) mass is 460 g/mol. The highest BCUT2D eigenvalue weighted by atomic mass is 19.4. The van der Waals surface area contributed by atoms with Crippen molar-refractivity contribution < 1.29 is 32.3 Å². The summed E-state index contributed by atoms with van der Waals surface area (Å²) in [5, 5.41) is 3.48. The lowest BCUT2D eigenvalue weighted by atomic mass is 9.99. The van der Waals surface area contributed by atoms with Crippen LogP contribution in [0.4, 0.5) is 13.2 Å². The number of alkyl halides is 3. The molecule has 0 bridgehead atoms. The van der Waals surface area contributed by atoms with Crippen molar-refractivity contribution in [2.45, 2.75) is 65.7 Å². The standard InChI is InChI=1S/C23H37F3N3O3/c1-6-32-15-17(3)18(4)27-10-7-8-16(2)22(30)28-11-9-21-19(13-28)12-20(23(24,25)26)14-29(21)31-5/h12,14,16-18,27H,6-11,13,15H2,1-5H3/q+1/t16-,17-,18+/m1/s1. The van der Waals surface area contributed by atoms with Gasteiger partial charge in [-0.1, -0.05) is 13.8 Å². The number of carbonyl (C=O) groups excluding carboxylic acids is 1. The van der Waals surface area contributed by atoms with E-state index in [9.17, 15) is 18.0 Å². The summed E-state index contributed by atoms with van der Waals surface area (Å²) >= 11 is 0. The van der Waals surface area contributed by atoms with Gasteiger partial charge in [-0.3, -0.25) is 9.63 Å². The number of nitrogens with zero attached hydrogens (tertiary/aromatic N) is 2. The zero-order valence-electron chi connectivity index (χ0n) is 19.8. The summed E-state index contributed by atoms with van der Waals surface area (Å²) in [5.74, 6) is 0.198. The maximum atomic E-state index is 13.2. The lowest BCUT2D eigenvalue weighted by Crippen LogP contribution is -2.50. The average Bonchev–Trinajstić information content (AvgIpc) is 2.77. The van der Waals surface area contributed by atoms with Gasteiger partial charge in [-0.25, -0.2) is 0 Å². The number of hydrogen-bond donors (Lipinski definition) is 1. The van der Waals surface area contributed by atoms with E-state index in [4.69, 9.17) is 9.57 Å². The van der Waals surface area contributed by atoms with Gasteiger partial charge in [-0.05, 0) is 45.2 Å². The van der Waals surface area contributed by atoms with Gasteiger partial charge in [0.1, 0.15) is 12.7 Å². The third-order valence-corrected chi connectivity index (χ3v) is 6.18. The van der Waals surface area contributed by atoms with Crippen LogP contribution in [0, 0.1) is 11.8 Å². The molecule has 2 rings (SSSR count). The van der Waals surface area contributed by atoms with Crippen molar-refractivity contribution in [3.8, 4) is 0 Å². The van der Waals surface area contributed by atoms with Gasteiger partial charge >= 0.3 is 6.18 Å². The second kappa shape index (κ2) is 11.8. The number of fused-ring (bicyclic) bond motifs is 1. The van der Waals surface area contributed by atoms with Crippen molar-refractivity contribution in [3.05, 3.63) is 29.1 Å². The zero-order valence-corrected chi connectivity index (χ0v) is 19.8. The van der Waals surface area contributed by atoms with E-state index < -0.39 is 11.7 Å². The first-order valence-corrected chi connectivity index (χ1v) is 11.4. The number of carbonyl (C=O) groups is 1. The summed E-state index contributed by atoms with van der Waals surface area (Å²) in [7, 11) is 1.34. The normalized spacial score (nSPS) is 16.9. The maximum absolute atomic E-state index is 13.2. The molecule has 0 saturated heterocycles. The third kappa shape index (κ3) is 7.07. The second-order valence-electron chi connectivity index (χ2n) is 8.64. The quantitative estimate of drug-likeness (QED) is 0.408. The Labute approximate surface area is 189 Å². The van der Waals surface area contributed by atoms with E-state index in [2.05, 4.69) is 19.2 Å². The maximum Gasteiger partial charge on any atom is 0.422 e. The molecule has 32 heavy (non-hydrogen) atoms. The smallest absolute Gasteiger partial charge is 0.381 e. The number of pyridine rings is 1. The van der Waals surface area contributed by atoms with E-state index in [1.165, 1.54) is 11.8 Å². The number of nitrogens with one attached hydrogen (secondary N) is 1. The highest BCUT2D eigenvalue weighted by Gasteiger charge is 2.38. The first-order valence-electron chi connectivity index (χ1n) is 11.4. The van der Waals surface area contributed by atoms with Crippen LogP contribution in [-0.4, -0.2) is 50.3 Å². The molecule has 1 aliphatic heterocycles. The van der Waals surface area contributed by atoms with E-state index in [-0.39, 0.29) is 18.4 Å². The molecule has 0 radical (unpaired) electrons. The number of hydrogen-bond acceptors (Lipinski definition) is 4. The topological polar surface area (TPSA) is 54.7 Å². The van der Waals surface area contributed by atoms with Crippen molar-refractivity contribution in [2.24, 2.45) is 11.8 Å². The molecule has 0 unspecified atom stereocenters. The fraction of sp³-hybridized carbons (Fsp3) is 0.739. The third-order valence-electron chi connectivity index (χ3n) is 6.18. The molecule has 1 aromatic rings. The predicted molar refractivity (Wildman–Crippen MR) is 115 cm³/mol. The summed E-state index contributed by atoms with van der Waals surface area (Å²) in [5.41, 5.74) is 0.378. The highest BCUT2D eigenvalue weighted by Crippen LogP contribution is 2.30. The minimum absolute atomic E-state index is 0.0187. The Hall–Kier alpha value is -1.87. The van der Waals surface area contributed by atoms with Crippen molar-refractivity contribution in [1.82, 2.24) is 10.2 Å². The fourth-order valence-corrected chi connectivity index (χ4v) is 3.92. The number of amides is 1. The minimum Gasteiger partial charge on any atom is -0.381 e.